The highest BCUT2D eigenvalue weighted by atomic mass is 35.5. The van der Waals surface area contributed by atoms with Gasteiger partial charge in [0.1, 0.15) is 47.6 Å². The first kappa shape index (κ1) is 103. The molecule has 1 fully saturated rings. The quantitative estimate of drug-likeness (QED) is 0.0235. The molecule has 0 radical (unpaired) electrons. The normalized spacial score (nSPS) is 11.8. The molecule has 1 aliphatic rings. The molecule has 5 aromatic heterocycles. The van der Waals surface area contributed by atoms with Crippen LogP contribution in [0.3, 0.4) is 0 Å². The average Bonchev–Trinajstić information content (AvgIpc) is 1.53. The number of sulfonamides is 4. The maximum Gasteiger partial charge on any atom is 0.319 e. The summed E-state index contributed by atoms with van der Waals surface area (Å²) in [4.78, 5) is 12.0. The number of carbonyl (C=O) groups is 1. The first-order valence-corrected chi connectivity index (χ1v) is 52.6. The van der Waals surface area contributed by atoms with Gasteiger partial charge in [-0.25, -0.2) is 38.5 Å². The molecule has 0 atom stereocenters. The zero-order valence-corrected chi connectivity index (χ0v) is 83.4. The van der Waals surface area contributed by atoms with E-state index < -0.39 is 40.1 Å². The number of ether oxygens (including phenoxy) is 3. The van der Waals surface area contributed by atoms with Crippen molar-refractivity contribution in [3.8, 4) is 104 Å². The number of urea groups is 1. The number of rotatable bonds is 31. The molecule has 0 spiro atoms. The second kappa shape index (κ2) is 45.5. The highest BCUT2D eigenvalue weighted by Crippen LogP contribution is 2.43. The third kappa shape index (κ3) is 23.6. The van der Waals surface area contributed by atoms with Crippen molar-refractivity contribution >= 4 is 152 Å². The fraction of sp³-hybridized carbons (Fsp3) is 0.269. The van der Waals surface area contributed by atoms with E-state index in [9.17, 15) is 64.8 Å². The summed E-state index contributed by atoms with van der Waals surface area (Å²) in [5, 5.41) is 59.9. The van der Waals surface area contributed by atoms with Crippen molar-refractivity contribution in [2.45, 2.75) is 138 Å². The van der Waals surface area contributed by atoms with Crippen LogP contribution in [0.1, 0.15) is 128 Å². The van der Waals surface area contributed by atoms with Gasteiger partial charge in [-0.3, -0.25) is 18.9 Å². The highest BCUT2D eigenvalue weighted by Gasteiger charge is 2.36. The van der Waals surface area contributed by atoms with Gasteiger partial charge in [-0.05, 0) is 210 Å². The summed E-state index contributed by atoms with van der Waals surface area (Å²) in [5.74, 6) is 2.28. The third-order valence-corrected chi connectivity index (χ3v) is 28.6. The van der Waals surface area contributed by atoms with Crippen LogP contribution < -0.4 is 43.7 Å². The van der Waals surface area contributed by atoms with Crippen molar-refractivity contribution in [1.82, 2.24) is 28.2 Å². The summed E-state index contributed by atoms with van der Waals surface area (Å²) in [7, 11) is -8.53. The van der Waals surface area contributed by atoms with Crippen LogP contribution in [0.25, 0.3) is 111 Å². The molecule has 0 saturated heterocycles. The number of amides is 2. The Morgan fingerprint density at radius 2 is 0.725 bits per heavy atom. The molecule has 0 aliphatic heterocycles. The number of halogens is 2. The topological polar surface area (TPSA) is 397 Å². The molecule has 1 aliphatic carbocycles. The van der Waals surface area contributed by atoms with Crippen LogP contribution in [0.15, 0.2) is 212 Å². The smallest absolute Gasteiger partial charge is 0.319 e. The van der Waals surface area contributed by atoms with E-state index in [1.807, 2.05) is 173 Å². The number of hydrogen-bond acceptors (Lipinski definition) is 17. The maximum atomic E-state index is 12.1. The van der Waals surface area contributed by atoms with E-state index in [0.717, 1.165) is 192 Å². The number of carbonyl (C=O) groups excluding carboxylic acids is 1. The number of methoxy groups -OCH3 is 3. The van der Waals surface area contributed by atoms with E-state index in [-0.39, 0.29) is 22.8 Å². The van der Waals surface area contributed by atoms with Gasteiger partial charge >= 0.3 is 6.03 Å². The predicted molar refractivity (Wildman–Crippen MR) is 554 cm³/mol. The van der Waals surface area contributed by atoms with Crippen molar-refractivity contribution in [3.63, 3.8) is 0 Å². The van der Waals surface area contributed by atoms with Gasteiger partial charge in [0.05, 0.1) is 117 Å². The molecule has 5 heterocycles. The molecule has 10 aromatic carbocycles. The van der Waals surface area contributed by atoms with Gasteiger partial charge in [0.2, 0.25) is 40.1 Å². The minimum Gasteiger partial charge on any atom is -0.497 e. The molecule has 714 valence electrons. The van der Waals surface area contributed by atoms with Gasteiger partial charge in [-0.15, -0.1) is 0 Å². The fourth-order valence-corrected chi connectivity index (χ4v) is 20.8. The standard InChI is InChI=1S/C23H26N4O2.C21H23N3O3S.C20H18ClN3O2S.C20H20ClN3O2S.C20H21N3O3S/c1-4-11-25-23(28)26-17-8-6-7-16(13-17)22-20(15-24)19-10-9-18(29-3)14-21(19)27(22)12-5-2;1-4-11-24-20-13-17(27-3)9-10-18(20)19(14-22)21(24)15-7-6-8-16(12-15)23-28(25,26)5-2;1-2-24-19-10-5-14(21)11-17(19)18(12-22)20(24)13-3-6-15(7-4-13)23-27(25,26)16-8-9-16;1-3-11-27(25,26)23-16-8-5-14(6-9-16)20-18(13-22)17-12-15(21)7-10-19(17)24(20)4-2;1-4-10-23-19-12-16(26-2)8-9-17(19)18(13-21)20(23)14-6-5-7-15(11-14)22-27(3,24)25/h6-10,13-14H,4-5,11-12H2,1-3H3,(H2,25,26,28);6-10,12-13,23H,4-5,11H2,1-3H3;3-7,10-11,16,23H,2,8-9H2,1H3;5-10,12,23H,3-4,11H2,1-2H3;5-9,11-12,22H,4,10H2,1-3H3. The molecule has 1 saturated carbocycles. The second-order valence-corrected chi connectivity index (χ2v) is 41.0. The van der Waals surface area contributed by atoms with Gasteiger partial charge in [-0.1, -0.05) is 118 Å². The van der Waals surface area contributed by atoms with E-state index in [1.165, 1.54) is 0 Å². The zero-order chi connectivity index (χ0) is 99.5. The average molecular weight is 1970 g/mol. The number of fused-ring (bicyclic) bond motifs is 5. The molecule has 16 rings (SSSR count). The Hall–Kier alpha value is -14.4. The van der Waals surface area contributed by atoms with Gasteiger partial charge in [0.25, 0.3) is 0 Å². The van der Waals surface area contributed by atoms with Crippen LogP contribution in [-0.2, 0) is 72.8 Å². The second-order valence-electron chi connectivity index (χ2n) is 32.5. The molecule has 6 N–H and O–H groups in total. The molecule has 34 heteroatoms. The Morgan fingerprint density at radius 1 is 0.370 bits per heavy atom. The largest absolute Gasteiger partial charge is 0.497 e. The van der Waals surface area contributed by atoms with E-state index in [2.05, 4.69) is 103 Å². The molecule has 138 heavy (non-hydrogen) atoms. The third-order valence-electron chi connectivity index (χ3n) is 22.8. The first-order chi connectivity index (χ1) is 66.3. The molecule has 0 unspecified atom stereocenters. The number of nitrogens with one attached hydrogen (secondary N) is 6. The Kier molecular flexibility index (Phi) is 33.8. The minimum atomic E-state index is -3.38. The zero-order valence-electron chi connectivity index (χ0n) is 78.7. The highest BCUT2D eigenvalue weighted by molar-refractivity contribution is 7.93. The first-order valence-electron chi connectivity index (χ1n) is 45.1. The number of benzene rings is 10. The van der Waals surface area contributed by atoms with Gasteiger partial charge in [0.15, 0.2) is 0 Å². The summed E-state index contributed by atoms with van der Waals surface area (Å²) >= 11 is 12.3. The number of nitriles is 5. The number of aromatic nitrogens is 5. The van der Waals surface area contributed by atoms with Crippen LogP contribution in [0.5, 0.6) is 17.2 Å². The lowest BCUT2D eigenvalue weighted by Crippen LogP contribution is -2.29. The summed E-state index contributed by atoms with van der Waals surface area (Å²) in [6.07, 6.45) is 6.69. The van der Waals surface area contributed by atoms with Crippen molar-refractivity contribution in [2.75, 3.05) is 69.8 Å². The van der Waals surface area contributed by atoms with Gasteiger partial charge in [-0.2, -0.15) is 26.3 Å². The molecular formula is C104H108Cl2N16O12S4. The van der Waals surface area contributed by atoms with Crippen molar-refractivity contribution in [3.05, 3.63) is 250 Å². The number of hydrogen-bond donors (Lipinski definition) is 6. The Balaban J connectivity index is 0.000000155. The SMILES string of the molecule is CCCNC(=O)Nc1cccc(-c2c(C#N)c3ccc(OC)cc3n2CCC)c1.CCCS(=O)(=O)Nc1ccc(-c2c(C#N)c3cc(Cl)ccc3n2CC)cc1.CCCn1c(-c2cccc(NS(=O)(=O)CC)c2)c(C#N)c2ccc(OC)cc21.CCCn1c(-c2cccc(NS(C)(=O)=O)c2)c(C#N)c2ccc(OC)cc21.CCn1c(-c2ccc(NS(=O)(=O)C3CC3)cc2)c(C#N)c2cc(Cl)ccc21. The van der Waals surface area contributed by atoms with Gasteiger partial charge < -0.3 is 47.7 Å². The van der Waals surface area contributed by atoms with Crippen molar-refractivity contribution in [1.29, 1.82) is 26.3 Å². The molecule has 15 aromatic rings. The Labute approximate surface area is 815 Å². The van der Waals surface area contributed by atoms with Crippen LogP contribution >= 0.6 is 23.2 Å². The summed E-state index contributed by atoms with van der Waals surface area (Å²) in [6, 6.07) is 75.7. The van der Waals surface area contributed by atoms with E-state index >= 15 is 0 Å². The maximum absolute atomic E-state index is 12.1. The Bertz CT molecular complexity index is 7780. The van der Waals surface area contributed by atoms with Crippen molar-refractivity contribution in [2.24, 2.45) is 0 Å². The van der Waals surface area contributed by atoms with E-state index in [1.54, 1.807) is 95.0 Å². The summed E-state index contributed by atoms with van der Waals surface area (Å²) in [6.45, 7) is 20.0. The summed E-state index contributed by atoms with van der Waals surface area (Å²) < 4.78 is 132. The van der Waals surface area contributed by atoms with Crippen LogP contribution in [-0.4, -0.2) is 113 Å². The van der Waals surface area contributed by atoms with Crippen LogP contribution in [0, 0.1) is 56.7 Å². The number of nitrogens with zero attached hydrogens (tertiary/aromatic N) is 10. The monoisotopic (exact) mass is 1970 g/mol. The lowest BCUT2D eigenvalue weighted by atomic mass is 10.1. The van der Waals surface area contributed by atoms with Crippen LogP contribution in [0.2, 0.25) is 10.0 Å². The minimum absolute atomic E-state index is 0.00341. The van der Waals surface area contributed by atoms with Crippen molar-refractivity contribution < 1.29 is 52.7 Å². The molecule has 28 nitrogen and oxygen atoms in total. The lowest BCUT2D eigenvalue weighted by Gasteiger charge is -2.12. The van der Waals surface area contributed by atoms with E-state index in [0.29, 0.717) is 92.4 Å². The molecular weight excluding hydrogens is 1860 g/mol. The Morgan fingerprint density at radius 3 is 1.07 bits per heavy atom. The molecule has 2 amide bonds. The predicted octanol–water partition coefficient (Wildman–Crippen LogP) is 23.2. The number of anilines is 5. The van der Waals surface area contributed by atoms with Gasteiger partial charge in [0, 0.05) is 151 Å². The summed E-state index contributed by atoms with van der Waals surface area (Å²) in [5.41, 5.74) is 18.5. The van der Waals surface area contributed by atoms with Crippen LogP contribution in [0.4, 0.5) is 33.2 Å². The van der Waals surface area contributed by atoms with E-state index in [4.69, 9.17) is 37.4 Å². The lowest BCUT2D eigenvalue weighted by molar-refractivity contribution is 0.252. The number of aryl methyl sites for hydroxylation is 5. The fourth-order valence-electron chi connectivity index (χ4n) is 16.7. The molecule has 0 bridgehead atoms.